The van der Waals surface area contributed by atoms with Crippen molar-refractivity contribution in [2.45, 2.75) is 19.9 Å². The first kappa shape index (κ1) is 14.1. The van der Waals surface area contributed by atoms with Crippen LogP contribution >= 0.6 is 27.5 Å². The predicted molar refractivity (Wildman–Crippen MR) is 70.0 cm³/mol. The molecule has 2 N–H and O–H groups in total. The number of ether oxygens (including phenoxy) is 1. The molecule has 17 heavy (non-hydrogen) atoms. The molecule has 1 aromatic carbocycles. The zero-order valence-corrected chi connectivity index (χ0v) is 12.0. The SMILES string of the molecule is COc1c([C@H](C)NC(=O)O)cc(Cl)c(C)c1Br. The maximum atomic E-state index is 10.6. The molecule has 0 aliphatic heterocycles. The normalized spacial score (nSPS) is 12.1. The molecule has 1 rings (SSSR count). The minimum absolute atomic E-state index is 0.406. The summed E-state index contributed by atoms with van der Waals surface area (Å²) in [4.78, 5) is 10.6. The van der Waals surface area contributed by atoms with E-state index in [9.17, 15) is 4.79 Å². The van der Waals surface area contributed by atoms with Crippen molar-refractivity contribution >= 4 is 33.6 Å². The van der Waals surface area contributed by atoms with Crippen LogP contribution in [0.5, 0.6) is 5.75 Å². The predicted octanol–water partition coefficient (Wildman–Crippen LogP) is 3.75. The Bertz CT molecular complexity index is 451. The number of nitrogens with one attached hydrogen (secondary N) is 1. The van der Waals surface area contributed by atoms with Gasteiger partial charge in [-0.1, -0.05) is 11.6 Å². The standard InChI is InChI=1S/C11H13BrClNO3/c1-5-8(13)4-7(6(2)14-11(15)16)10(17-3)9(5)12/h4,6,14H,1-3H3,(H,15,16)/t6-/m0/s1. The van der Waals surface area contributed by atoms with E-state index in [0.29, 0.717) is 16.3 Å². The summed E-state index contributed by atoms with van der Waals surface area (Å²) in [5, 5.41) is 11.6. The van der Waals surface area contributed by atoms with E-state index in [4.69, 9.17) is 21.4 Å². The van der Waals surface area contributed by atoms with Gasteiger partial charge >= 0.3 is 6.09 Å². The van der Waals surface area contributed by atoms with Crippen molar-refractivity contribution in [3.63, 3.8) is 0 Å². The van der Waals surface area contributed by atoms with Crippen molar-refractivity contribution in [2.75, 3.05) is 7.11 Å². The molecule has 0 saturated carbocycles. The molecule has 0 aliphatic carbocycles. The van der Waals surface area contributed by atoms with Crippen molar-refractivity contribution in [3.05, 3.63) is 26.7 Å². The number of rotatable bonds is 3. The summed E-state index contributed by atoms with van der Waals surface area (Å²) in [7, 11) is 1.53. The Morgan fingerprint density at radius 1 is 1.65 bits per heavy atom. The molecule has 6 heteroatoms. The maximum Gasteiger partial charge on any atom is 0.405 e. The topological polar surface area (TPSA) is 58.6 Å². The number of carboxylic acid groups (broad SMARTS) is 1. The van der Waals surface area contributed by atoms with Crippen LogP contribution < -0.4 is 10.1 Å². The lowest BCUT2D eigenvalue weighted by atomic mass is 10.0. The second-order valence-corrected chi connectivity index (χ2v) is 4.79. The highest BCUT2D eigenvalue weighted by molar-refractivity contribution is 9.10. The molecule has 0 saturated heterocycles. The summed E-state index contributed by atoms with van der Waals surface area (Å²) < 4.78 is 6.01. The van der Waals surface area contributed by atoms with Crippen molar-refractivity contribution in [3.8, 4) is 5.75 Å². The van der Waals surface area contributed by atoms with Crippen molar-refractivity contribution < 1.29 is 14.6 Å². The lowest BCUT2D eigenvalue weighted by Crippen LogP contribution is -2.25. The van der Waals surface area contributed by atoms with E-state index in [1.165, 1.54) is 7.11 Å². The fraction of sp³-hybridized carbons (Fsp3) is 0.364. The average Bonchev–Trinajstić information content (AvgIpc) is 2.24. The van der Waals surface area contributed by atoms with Gasteiger partial charge in [0.1, 0.15) is 5.75 Å². The minimum Gasteiger partial charge on any atom is -0.495 e. The summed E-state index contributed by atoms with van der Waals surface area (Å²) in [5.41, 5.74) is 1.55. The van der Waals surface area contributed by atoms with Crippen LogP contribution in [0.15, 0.2) is 10.5 Å². The second-order valence-electron chi connectivity index (χ2n) is 3.59. The molecule has 0 fully saturated rings. The Morgan fingerprint density at radius 3 is 2.71 bits per heavy atom. The number of amides is 1. The zero-order chi connectivity index (χ0) is 13.2. The molecule has 1 atom stereocenters. The summed E-state index contributed by atoms with van der Waals surface area (Å²) in [6, 6.07) is 1.30. The number of methoxy groups -OCH3 is 1. The molecular weight excluding hydrogens is 309 g/mol. The van der Waals surface area contributed by atoms with Gasteiger partial charge in [-0.3, -0.25) is 0 Å². The first-order chi connectivity index (χ1) is 7.88. The van der Waals surface area contributed by atoms with Gasteiger partial charge in [0, 0.05) is 10.6 Å². The van der Waals surface area contributed by atoms with E-state index >= 15 is 0 Å². The molecule has 1 amide bonds. The number of benzene rings is 1. The van der Waals surface area contributed by atoms with Crippen LogP contribution in [0.2, 0.25) is 5.02 Å². The molecule has 0 aromatic heterocycles. The van der Waals surface area contributed by atoms with E-state index in [1.54, 1.807) is 13.0 Å². The molecule has 0 heterocycles. The fourth-order valence-electron chi connectivity index (χ4n) is 1.50. The summed E-state index contributed by atoms with van der Waals surface area (Å²) in [5.74, 6) is 0.591. The number of hydrogen-bond donors (Lipinski definition) is 2. The van der Waals surface area contributed by atoms with Crippen LogP contribution in [0.25, 0.3) is 0 Å². The van der Waals surface area contributed by atoms with Gasteiger partial charge in [0.15, 0.2) is 0 Å². The van der Waals surface area contributed by atoms with Crippen LogP contribution in [0.3, 0.4) is 0 Å². The van der Waals surface area contributed by atoms with Gasteiger partial charge in [0.25, 0.3) is 0 Å². The Kier molecular flexibility index (Phi) is 4.65. The molecule has 0 radical (unpaired) electrons. The maximum absolute atomic E-state index is 10.6. The third-order valence-electron chi connectivity index (χ3n) is 2.44. The van der Waals surface area contributed by atoms with Crippen molar-refractivity contribution in [2.24, 2.45) is 0 Å². The Hall–Kier alpha value is -0.940. The summed E-state index contributed by atoms with van der Waals surface area (Å²) >= 11 is 9.46. The Balaban J connectivity index is 3.27. The average molecular weight is 323 g/mol. The number of carbonyl (C=O) groups is 1. The summed E-state index contributed by atoms with van der Waals surface area (Å²) in [6.07, 6.45) is -1.09. The highest BCUT2D eigenvalue weighted by atomic mass is 79.9. The molecule has 0 spiro atoms. The minimum atomic E-state index is -1.09. The second kappa shape index (κ2) is 5.60. The third-order valence-corrected chi connectivity index (χ3v) is 3.79. The van der Waals surface area contributed by atoms with Gasteiger partial charge < -0.3 is 15.2 Å². The van der Waals surface area contributed by atoms with Gasteiger partial charge in [-0.05, 0) is 41.4 Å². The van der Waals surface area contributed by atoms with Crippen LogP contribution in [-0.2, 0) is 0 Å². The van der Waals surface area contributed by atoms with E-state index in [0.717, 1.165) is 10.0 Å². The zero-order valence-electron chi connectivity index (χ0n) is 9.67. The van der Waals surface area contributed by atoms with Crippen LogP contribution in [-0.4, -0.2) is 18.3 Å². The molecule has 94 valence electrons. The third kappa shape index (κ3) is 3.04. The first-order valence-corrected chi connectivity index (χ1v) is 6.07. The number of halogens is 2. The Morgan fingerprint density at radius 2 is 2.24 bits per heavy atom. The monoisotopic (exact) mass is 321 g/mol. The summed E-state index contributed by atoms with van der Waals surface area (Å²) in [6.45, 7) is 3.58. The van der Waals surface area contributed by atoms with Gasteiger partial charge in [0.05, 0.1) is 17.6 Å². The van der Waals surface area contributed by atoms with Crippen LogP contribution in [0, 0.1) is 6.92 Å². The van der Waals surface area contributed by atoms with E-state index in [1.807, 2.05) is 6.92 Å². The van der Waals surface area contributed by atoms with E-state index in [-0.39, 0.29) is 0 Å². The first-order valence-electron chi connectivity index (χ1n) is 4.90. The van der Waals surface area contributed by atoms with Gasteiger partial charge in [-0.2, -0.15) is 0 Å². The van der Waals surface area contributed by atoms with Gasteiger partial charge in [-0.15, -0.1) is 0 Å². The lowest BCUT2D eigenvalue weighted by molar-refractivity contribution is 0.190. The lowest BCUT2D eigenvalue weighted by Gasteiger charge is -2.18. The molecule has 1 aromatic rings. The molecule has 0 unspecified atom stereocenters. The van der Waals surface area contributed by atoms with Gasteiger partial charge in [-0.25, -0.2) is 4.79 Å². The van der Waals surface area contributed by atoms with Gasteiger partial charge in [0.2, 0.25) is 0 Å². The van der Waals surface area contributed by atoms with Crippen molar-refractivity contribution in [1.29, 1.82) is 0 Å². The van der Waals surface area contributed by atoms with Crippen molar-refractivity contribution in [1.82, 2.24) is 5.32 Å². The number of hydrogen-bond acceptors (Lipinski definition) is 2. The molecule has 4 nitrogen and oxygen atoms in total. The quantitative estimate of drug-likeness (QED) is 0.891. The molecular formula is C11H13BrClNO3. The van der Waals surface area contributed by atoms with Crippen LogP contribution in [0.4, 0.5) is 4.79 Å². The largest absolute Gasteiger partial charge is 0.495 e. The molecule has 0 bridgehead atoms. The smallest absolute Gasteiger partial charge is 0.405 e. The van der Waals surface area contributed by atoms with E-state index in [2.05, 4.69) is 21.2 Å². The highest BCUT2D eigenvalue weighted by Gasteiger charge is 2.19. The van der Waals surface area contributed by atoms with E-state index < -0.39 is 12.1 Å². The molecule has 0 aliphatic rings. The van der Waals surface area contributed by atoms with Crippen LogP contribution in [0.1, 0.15) is 24.1 Å². The fourth-order valence-corrected chi connectivity index (χ4v) is 2.43. The highest BCUT2D eigenvalue weighted by Crippen LogP contribution is 2.39. The Labute approximate surface area is 113 Å².